The van der Waals surface area contributed by atoms with Gasteiger partial charge in [0.2, 0.25) is 11.9 Å². The van der Waals surface area contributed by atoms with Crippen LogP contribution in [-0.2, 0) is 4.79 Å². The number of anilines is 1. The van der Waals surface area contributed by atoms with Gasteiger partial charge >= 0.3 is 0 Å². The molecule has 20 heavy (non-hydrogen) atoms. The van der Waals surface area contributed by atoms with Crippen LogP contribution in [0.5, 0.6) is 0 Å². The predicted molar refractivity (Wildman–Crippen MR) is 84.1 cm³/mol. The van der Waals surface area contributed by atoms with Gasteiger partial charge in [-0.25, -0.2) is 9.97 Å². The van der Waals surface area contributed by atoms with E-state index in [2.05, 4.69) is 46.7 Å². The van der Waals surface area contributed by atoms with E-state index >= 15 is 0 Å². The molecule has 3 rings (SSSR count). The lowest BCUT2D eigenvalue weighted by Gasteiger charge is -2.36. The molecule has 1 saturated heterocycles. The number of halogens is 2. The molecule has 0 bridgehead atoms. The maximum absolute atomic E-state index is 12.6. The van der Waals surface area contributed by atoms with Crippen molar-refractivity contribution < 1.29 is 4.79 Å². The van der Waals surface area contributed by atoms with E-state index in [0.717, 1.165) is 38.5 Å². The fraction of sp³-hybridized carbons (Fsp3) is 0.615. The van der Waals surface area contributed by atoms with Gasteiger partial charge in [0, 0.05) is 38.6 Å². The van der Waals surface area contributed by atoms with Gasteiger partial charge in [-0.3, -0.25) is 4.79 Å². The zero-order chi connectivity index (χ0) is 14.4. The number of carbonyl (C=O) groups excluding carboxylic acids is 1. The van der Waals surface area contributed by atoms with Crippen molar-refractivity contribution in [3.8, 4) is 0 Å². The van der Waals surface area contributed by atoms with E-state index in [0.29, 0.717) is 0 Å². The zero-order valence-electron chi connectivity index (χ0n) is 11.2. The standard InChI is InChI=1S/C13H16Br2N4O/c1-12(9-13(12,14)15)10(20)18-5-7-19(8-6-18)11-16-3-2-4-17-11/h2-4H,5-9H2,1H3/t12-/m0/s1. The maximum Gasteiger partial charge on any atom is 0.231 e. The fourth-order valence-corrected chi connectivity index (χ4v) is 4.01. The summed E-state index contributed by atoms with van der Waals surface area (Å²) < 4.78 is -0.218. The van der Waals surface area contributed by atoms with Crippen LogP contribution in [0.25, 0.3) is 0 Å². The molecular weight excluding hydrogens is 388 g/mol. The molecule has 0 aromatic carbocycles. The molecule has 0 spiro atoms. The third kappa shape index (κ3) is 2.35. The minimum absolute atomic E-state index is 0.218. The topological polar surface area (TPSA) is 49.3 Å². The minimum Gasteiger partial charge on any atom is -0.339 e. The summed E-state index contributed by atoms with van der Waals surface area (Å²) >= 11 is 7.13. The van der Waals surface area contributed by atoms with Crippen molar-refractivity contribution in [1.82, 2.24) is 14.9 Å². The Morgan fingerprint density at radius 2 is 1.75 bits per heavy atom. The van der Waals surface area contributed by atoms with E-state index in [1.807, 2.05) is 17.9 Å². The molecule has 1 aliphatic heterocycles. The van der Waals surface area contributed by atoms with Gasteiger partial charge in [0.05, 0.1) is 8.65 Å². The molecule has 108 valence electrons. The second kappa shape index (κ2) is 4.94. The molecule has 0 N–H and O–H groups in total. The number of rotatable bonds is 2. The lowest BCUT2D eigenvalue weighted by molar-refractivity contribution is -0.136. The van der Waals surface area contributed by atoms with Gasteiger partial charge in [0.1, 0.15) is 0 Å². The highest BCUT2D eigenvalue weighted by atomic mass is 79.9. The fourth-order valence-electron chi connectivity index (χ4n) is 2.54. The minimum atomic E-state index is -0.321. The predicted octanol–water partition coefficient (Wildman–Crippen LogP) is 2.02. The highest BCUT2D eigenvalue weighted by Gasteiger charge is 2.67. The normalized spacial score (nSPS) is 28.4. The van der Waals surface area contributed by atoms with Gasteiger partial charge in [-0.15, -0.1) is 0 Å². The van der Waals surface area contributed by atoms with Crippen molar-refractivity contribution in [3.05, 3.63) is 18.5 Å². The Morgan fingerprint density at radius 3 is 2.25 bits per heavy atom. The van der Waals surface area contributed by atoms with E-state index in [9.17, 15) is 4.79 Å². The maximum atomic E-state index is 12.6. The van der Waals surface area contributed by atoms with Gasteiger partial charge in [-0.1, -0.05) is 31.9 Å². The molecule has 1 aromatic heterocycles. The molecular formula is C13H16Br2N4O. The number of hydrogen-bond acceptors (Lipinski definition) is 4. The smallest absolute Gasteiger partial charge is 0.231 e. The molecule has 2 heterocycles. The Bertz CT molecular complexity index is 516. The summed E-state index contributed by atoms with van der Waals surface area (Å²) in [5.41, 5.74) is -0.321. The van der Waals surface area contributed by atoms with Crippen molar-refractivity contribution in [3.63, 3.8) is 0 Å². The van der Waals surface area contributed by atoms with Crippen LogP contribution in [0.3, 0.4) is 0 Å². The van der Waals surface area contributed by atoms with Crippen LogP contribution in [0, 0.1) is 5.41 Å². The largest absolute Gasteiger partial charge is 0.339 e. The Labute approximate surface area is 135 Å². The Kier molecular flexibility index (Phi) is 3.52. The summed E-state index contributed by atoms with van der Waals surface area (Å²) in [7, 11) is 0. The van der Waals surface area contributed by atoms with Gasteiger partial charge in [0.15, 0.2) is 0 Å². The average molecular weight is 404 g/mol. The highest BCUT2D eigenvalue weighted by molar-refractivity contribution is 9.25. The van der Waals surface area contributed by atoms with E-state index in [1.54, 1.807) is 12.4 Å². The SMILES string of the molecule is C[C@@]1(C(=O)N2CCN(c3ncccn3)CC2)CC1(Br)Br. The molecule has 1 saturated carbocycles. The first-order valence-corrected chi connectivity index (χ1v) is 8.22. The second-order valence-corrected chi connectivity index (χ2v) is 9.31. The molecule has 2 aliphatic rings. The van der Waals surface area contributed by atoms with E-state index in [4.69, 9.17) is 0 Å². The Hall–Kier alpha value is -0.690. The summed E-state index contributed by atoms with van der Waals surface area (Å²) in [6.45, 7) is 5.02. The van der Waals surface area contributed by atoms with E-state index in [1.165, 1.54) is 0 Å². The molecule has 2 fully saturated rings. The highest BCUT2D eigenvalue weighted by Crippen LogP contribution is 2.66. The number of piperazine rings is 1. The summed E-state index contributed by atoms with van der Waals surface area (Å²) in [6.07, 6.45) is 4.32. The number of amides is 1. The Balaban J connectivity index is 1.61. The van der Waals surface area contributed by atoms with Crippen LogP contribution in [0.4, 0.5) is 5.95 Å². The summed E-state index contributed by atoms with van der Waals surface area (Å²) in [5, 5.41) is 0. The van der Waals surface area contributed by atoms with Crippen molar-refractivity contribution in [2.75, 3.05) is 31.1 Å². The molecule has 5 nitrogen and oxygen atoms in total. The van der Waals surface area contributed by atoms with Gasteiger partial charge in [-0.2, -0.15) is 0 Å². The molecule has 0 unspecified atom stereocenters. The van der Waals surface area contributed by atoms with Crippen molar-refractivity contribution in [2.45, 2.75) is 16.6 Å². The first kappa shape index (κ1) is 14.3. The van der Waals surface area contributed by atoms with Crippen molar-refractivity contribution in [2.24, 2.45) is 5.41 Å². The average Bonchev–Trinajstić information content (AvgIpc) is 2.99. The third-order valence-corrected chi connectivity index (χ3v) is 6.44. The monoisotopic (exact) mass is 402 g/mol. The first-order chi connectivity index (χ1) is 9.44. The lowest BCUT2D eigenvalue weighted by Crippen LogP contribution is -2.51. The first-order valence-electron chi connectivity index (χ1n) is 6.63. The summed E-state index contributed by atoms with van der Waals surface area (Å²) in [6, 6.07) is 1.81. The van der Waals surface area contributed by atoms with Gasteiger partial charge < -0.3 is 9.80 Å². The van der Waals surface area contributed by atoms with Crippen LogP contribution < -0.4 is 4.90 Å². The summed E-state index contributed by atoms with van der Waals surface area (Å²) in [5.74, 6) is 0.965. The zero-order valence-corrected chi connectivity index (χ0v) is 14.4. The van der Waals surface area contributed by atoms with Crippen molar-refractivity contribution >= 4 is 43.7 Å². The number of aromatic nitrogens is 2. The van der Waals surface area contributed by atoms with E-state index < -0.39 is 0 Å². The van der Waals surface area contributed by atoms with Crippen LogP contribution in [0.2, 0.25) is 0 Å². The van der Waals surface area contributed by atoms with Crippen LogP contribution >= 0.6 is 31.9 Å². The molecule has 7 heteroatoms. The number of alkyl halides is 2. The third-order valence-electron chi connectivity index (χ3n) is 4.13. The van der Waals surface area contributed by atoms with Crippen LogP contribution in [0.15, 0.2) is 18.5 Å². The van der Waals surface area contributed by atoms with E-state index in [-0.39, 0.29) is 14.6 Å². The van der Waals surface area contributed by atoms with Crippen LogP contribution in [-0.4, -0.2) is 50.2 Å². The molecule has 1 atom stereocenters. The number of carbonyl (C=O) groups is 1. The molecule has 1 aliphatic carbocycles. The number of hydrogen-bond donors (Lipinski definition) is 0. The lowest BCUT2D eigenvalue weighted by atomic mass is 10.1. The molecule has 1 amide bonds. The van der Waals surface area contributed by atoms with Gasteiger partial charge in [-0.05, 0) is 19.4 Å². The molecule has 1 aromatic rings. The van der Waals surface area contributed by atoms with Crippen molar-refractivity contribution in [1.29, 1.82) is 0 Å². The quantitative estimate of drug-likeness (QED) is 0.709. The Morgan fingerprint density at radius 1 is 1.20 bits per heavy atom. The second-order valence-electron chi connectivity index (χ2n) is 5.54. The number of nitrogens with zero attached hydrogens (tertiary/aromatic N) is 4. The summed E-state index contributed by atoms with van der Waals surface area (Å²) in [4.78, 5) is 25.1. The molecule has 0 radical (unpaired) electrons. The van der Waals surface area contributed by atoms with Gasteiger partial charge in [0.25, 0.3) is 0 Å². The van der Waals surface area contributed by atoms with Crippen LogP contribution in [0.1, 0.15) is 13.3 Å².